The van der Waals surface area contributed by atoms with Gasteiger partial charge in [-0.25, -0.2) is 4.98 Å². The summed E-state index contributed by atoms with van der Waals surface area (Å²) in [5.74, 6) is 0.0293. The van der Waals surface area contributed by atoms with Crippen LogP contribution in [0.1, 0.15) is 23.1 Å². The molecule has 0 bridgehead atoms. The fourth-order valence-corrected chi connectivity index (χ4v) is 4.22. The van der Waals surface area contributed by atoms with E-state index in [-0.39, 0.29) is 11.3 Å². The third-order valence-corrected chi connectivity index (χ3v) is 5.43. The maximum Gasteiger partial charge on any atom is 0.227 e. The summed E-state index contributed by atoms with van der Waals surface area (Å²) in [5, 5.41) is 5.47. The van der Waals surface area contributed by atoms with E-state index in [4.69, 9.17) is 0 Å². The lowest BCUT2D eigenvalue weighted by molar-refractivity contribution is -0.117. The van der Waals surface area contributed by atoms with Gasteiger partial charge in [-0.05, 0) is 29.5 Å². The summed E-state index contributed by atoms with van der Waals surface area (Å²) in [5.41, 5.74) is 3.76. The van der Waals surface area contributed by atoms with Crippen molar-refractivity contribution < 1.29 is 4.79 Å². The molecule has 0 fully saturated rings. The van der Waals surface area contributed by atoms with Crippen molar-refractivity contribution in [2.24, 2.45) is 0 Å². The second kappa shape index (κ2) is 6.21. The Morgan fingerprint density at radius 1 is 1.04 bits per heavy atom. The van der Waals surface area contributed by atoms with Crippen LogP contribution in [0.3, 0.4) is 0 Å². The molecule has 2 aromatic carbocycles. The van der Waals surface area contributed by atoms with Crippen molar-refractivity contribution in [3.8, 4) is 0 Å². The van der Waals surface area contributed by atoms with Gasteiger partial charge in [0.15, 0.2) is 5.13 Å². The van der Waals surface area contributed by atoms with Crippen molar-refractivity contribution in [3.05, 3.63) is 82.9 Å². The molecular formula is C20H18N2OS. The molecular weight excluding hydrogens is 316 g/mol. The normalized spacial score (nSPS) is 15.0. The van der Waals surface area contributed by atoms with Gasteiger partial charge in [0.05, 0.1) is 0 Å². The van der Waals surface area contributed by atoms with Crippen LogP contribution in [0, 0.1) is 0 Å². The van der Waals surface area contributed by atoms with E-state index in [0.717, 1.165) is 12.8 Å². The van der Waals surface area contributed by atoms with Crippen LogP contribution < -0.4 is 5.32 Å². The second-order valence-electron chi connectivity index (χ2n) is 6.33. The molecule has 1 aliphatic carbocycles. The fourth-order valence-electron chi connectivity index (χ4n) is 3.67. The van der Waals surface area contributed by atoms with E-state index in [1.54, 1.807) is 6.20 Å². The number of rotatable bonds is 4. The van der Waals surface area contributed by atoms with Gasteiger partial charge in [-0.2, -0.15) is 0 Å². The van der Waals surface area contributed by atoms with Crippen LogP contribution in [-0.2, 0) is 23.1 Å². The summed E-state index contributed by atoms with van der Waals surface area (Å²) >= 11 is 1.45. The van der Waals surface area contributed by atoms with Gasteiger partial charge in [-0.3, -0.25) is 4.79 Å². The number of aromatic nitrogens is 1. The van der Waals surface area contributed by atoms with E-state index in [1.807, 2.05) is 11.4 Å². The molecule has 0 atom stereocenters. The Morgan fingerprint density at radius 3 is 2.33 bits per heavy atom. The highest BCUT2D eigenvalue weighted by atomic mass is 32.1. The predicted molar refractivity (Wildman–Crippen MR) is 97.3 cm³/mol. The van der Waals surface area contributed by atoms with Gasteiger partial charge in [0.2, 0.25) is 5.91 Å². The predicted octanol–water partition coefficient (Wildman–Crippen LogP) is 4.21. The summed E-state index contributed by atoms with van der Waals surface area (Å²) in [4.78, 5) is 16.8. The Kier molecular flexibility index (Phi) is 3.90. The maximum absolute atomic E-state index is 12.7. The maximum atomic E-state index is 12.7. The molecule has 3 nitrogen and oxygen atoms in total. The molecule has 24 heavy (non-hydrogen) atoms. The highest BCUT2D eigenvalue weighted by Crippen LogP contribution is 2.42. The van der Waals surface area contributed by atoms with E-state index >= 15 is 0 Å². The lowest BCUT2D eigenvalue weighted by Crippen LogP contribution is -2.32. The van der Waals surface area contributed by atoms with E-state index in [0.29, 0.717) is 11.6 Å². The summed E-state index contributed by atoms with van der Waals surface area (Å²) in [7, 11) is 0. The van der Waals surface area contributed by atoms with Crippen LogP contribution in [0.15, 0.2) is 66.2 Å². The van der Waals surface area contributed by atoms with Gasteiger partial charge in [0, 0.05) is 23.4 Å². The van der Waals surface area contributed by atoms with Crippen molar-refractivity contribution in [2.75, 3.05) is 5.32 Å². The topological polar surface area (TPSA) is 42.0 Å². The first-order valence-electron chi connectivity index (χ1n) is 8.07. The van der Waals surface area contributed by atoms with Crippen LogP contribution >= 0.6 is 11.3 Å². The van der Waals surface area contributed by atoms with Crippen LogP contribution in [0.2, 0.25) is 0 Å². The largest absolute Gasteiger partial charge is 0.302 e. The zero-order valence-corrected chi connectivity index (χ0v) is 14.1. The van der Waals surface area contributed by atoms with Crippen LogP contribution in [-0.4, -0.2) is 10.9 Å². The van der Waals surface area contributed by atoms with Gasteiger partial charge in [0.25, 0.3) is 0 Å². The number of carbonyl (C=O) groups excluding carboxylic acids is 1. The first-order valence-corrected chi connectivity index (χ1v) is 8.95. The van der Waals surface area contributed by atoms with Gasteiger partial charge >= 0.3 is 0 Å². The fraction of sp³-hybridized carbons (Fsp3) is 0.200. The molecule has 1 aromatic heterocycles. The van der Waals surface area contributed by atoms with Crippen LogP contribution in [0.5, 0.6) is 0 Å². The molecule has 3 aromatic rings. The summed E-state index contributed by atoms with van der Waals surface area (Å²) in [6, 6.07) is 18.9. The number of hydrogen-bond donors (Lipinski definition) is 1. The van der Waals surface area contributed by atoms with Gasteiger partial charge in [-0.15, -0.1) is 11.3 Å². The number of fused-ring (bicyclic) bond motifs is 1. The number of hydrogen-bond acceptors (Lipinski definition) is 3. The number of benzene rings is 2. The van der Waals surface area contributed by atoms with Gasteiger partial charge < -0.3 is 5.32 Å². The van der Waals surface area contributed by atoms with Gasteiger partial charge in [-0.1, -0.05) is 54.6 Å². The number of nitrogens with one attached hydrogen (secondary N) is 1. The van der Waals surface area contributed by atoms with E-state index in [2.05, 4.69) is 58.8 Å². The molecule has 0 saturated carbocycles. The minimum absolute atomic E-state index is 0.0293. The highest BCUT2D eigenvalue weighted by Gasteiger charge is 2.40. The molecule has 0 aliphatic heterocycles. The Morgan fingerprint density at radius 2 is 1.71 bits per heavy atom. The summed E-state index contributed by atoms with van der Waals surface area (Å²) in [6.07, 6.45) is 3.97. The number of thiazole rings is 1. The molecule has 1 N–H and O–H groups in total. The zero-order chi connectivity index (χ0) is 16.4. The lowest BCUT2D eigenvalue weighted by Gasteiger charge is -2.29. The first kappa shape index (κ1) is 15.1. The molecule has 0 saturated heterocycles. The van der Waals surface area contributed by atoms with Crippen molar-refractivity contribution in [1.82, 2.24) is 4.98 Å². The van der Waals surface area contributed by atoms with E-state index in [1.165, 1.54) is 28.0 Å². The minimum Gasteiger partial charge on any atom is -0.302 e. The monoisotopic (exact) mass is 334 g/mol. The molecule has 1 aliphatic rings. The van der Waals surface area contributed by atoms with Crippen molar-refractivity contribution >= 4 is 22.4 Å². The lowest BCUT2D eigenvalue weighted by atomic mass is 9.75. The van der Waals surface area contributed by atoms with Crippen molar-refractivity contribution in [1.29, 1.82) is 0 Å². The Balaban J connectivity index is 1.64. The Hall–Kier alpha value is -2.46. The van der Waals surface area contributed by atoms with Crippen molar-refractivity contribution in [3.63, 3.8) is 0 Å². The van der Waals surface area contributed by atoms with E-state index in [9.17, 15) is 4.79 Å². The SMILES string of the molecule is O=C(CC1(c2ccccc2)Cc2ccccc2C1)Nc1nccs1. The van der Waals surface area contributed by atoms with E-state index < -0.39 is 0 Å². The summed E-state index contributed by atoms with van der Waals surface area (Å²) < 4.78 is 0. The minimum atomic E-state index is -0.174. The smallest absolute Gasteiger partial charge is 0.227 e. The average molecular weight is 334 g/mol. The molecule has 0 unspecified atom stereocenters. The first-order chi connectivity index (χ1) is 11.8. The molecule has 1 heterocycles. The molecule has 4 heteroatoms. The average Bonchev–Trinajstić information content (AvgIpc) is 3.23. The third-order valence-electron chi connectivity index (χ3n) is 4.74. The van der Waals surface area contributed by atoms with Crippen LogP contribution in [0.25, 0.3) is 0 Å². The second-order valence-corrected chi connectivity index (χ2v) is 7.23. The highest BCUT2D eigenvalue weighted by molar-refractivity contribution is 7.13. The molecule has 4 rings (SSSR count). The zero-order valence-electron chi connectivity index (χ0n) is 13.2. The third kappa shape index (κ3) is 2.85. The molecule has 0 radical (unpaired) electrons. The number of nitrogens with zero attached hydrogens (tertiary/aromatic N) is 1. The Bertz CT molecular complexity index is 818. The van der Waals surface area contributed by atoms with Crippen LogP contribution in [0.4, 0.5) is 5.13 Å². The molecule has 0 spiro atoms. The summed E-state index contributed by atoms with van der Waals surface area (Å²) in [6.45, 7) is 0. The number of anilines is 1. The quantitative estimate of drug-likeness (QED) is 0.776. The molecule has 120 valence electrons. The van der Waals surface area contributed by atoms with Gasteiger partial charge in [0.1, 0.15) is 0 Å². The standard InChI is InChI=1S/C20H18N2OS/c23-18(22-19-21-10-11-24-19)14-20(17-8-2-1-3-9-17)12-15-6-4-5-7-16(15)13-20/h1-11H,12-14H2,(H,21,22,23). The number of amides is 1. The molecule has 1 amide bonds. The number of carbonyl (C=O) groups is 1. The van der Waals surface area contributed by atoms with Crippen molar-refractivity contribution in [2.45, 2.75) is 24.7 Å². The Labute approximate surface area is 145 Å².